The number of carbonyl (C=O) groups is 1. The molecule has 2 saturated heterocycles. The van der Waals surface area contributed by atoms with E-state index in [1.54, 1.807) is 0 Å². The highest BCUT2D eigenvalue weighted by Crippen LogP contribution is 2.28. The van der Waals surface area contributed by atoms with Crippen LogP contribution in [0, 0.1) is 5.41 Å². The Kier molecular flexibility index (Phi) is 8.43. The molecule has 9 heteroatoms. The lowest BCUT2D eigenvalue weighted by Crippen LogP contribution is -2.41. The third kappa shape index (κ3) is 7.28. The summed E-state index contributed by atoms with van der Waals surface area (Å²) in [6.45, 7) is 9.67. The maximum absolute atomic E-state index is 12.0. The Hall–Kier alpha value is -0.580. The molecule has 2 N–H and O–H groups in total. The number of nitrogens with zero attached hydrogens (tertiary/aromatic N) is 2. The topological polar surface area (TPSA) is 90.9 Å². The van der Waals surface area contributed by atoms with E-state index in [9.17, 15) is 13.2 Å². The average molecular weight is 486 g/mol. The number of rotatable bonds is 5. The molecule has 2 heterocycles. The molecule has 0 aromatic heterocycles. The molecular weight excluding hydrogens is 455 g/mol. The van der Waals surface area contributed by atoms with E-state index in [0.29, 0.717) is 18.4 Å². The van der Waals surface area contributed by atoms with Crippen molar-refractivity contribution in [3.63, 3.8) is 0 Å². The van der Waals surface area contributed by atoms with Crippen LogP contribution in [0.1, 0.15) is 40.0 Å². The molecule has 1 atom stereocenters. The van der Waals surface area contributed by atoms with Crippen LogP contribution < -0.4 is 10.6 Å². The number of aliphatic imine (C=N–C) groups is 1. The van der Waals surface area contributed by atoms with Crippen LogP contribution in [-0.2, 0) is 14.6 Å². The molecule has 1 unspecified atom stereocenters. The Balaban J connectivity index is 0.00000312. The summed E-state index contributed by atoms with van der Waals surface area (Å²) in [5.41, 5.74) is 0.293. The summed E-state index contributed by atoms with van der Waals surface area (Å²) < 4.78 is 22.8. The molecule has 0 spiro atoms. The molecule has 0 saturated carbocycles. The zero-order valence-electron chi connectivity index (χ0n) is 15.4. The van der Waals surface area contributed by atoms with E-state index in [1.807, 2.05) is 6.92 Å². The molecule has 7 nitrogen and oxygen atoms in total. The van der Waals surface area contributed by atoms with Crippen LogP contribution in [0.4, 0.5) is 0 Å². The van der Waals surface area contributed by atoms with E-state index in [2.05, 4.69) is 34.4 Å². The highest BCUT2D eigenvalue weighted by atomic mass is 127. The molecule has 2 aliphatic heterocycles. The van der Waals surface area contributed by atoms with E-state index >= 15 is 0 Å². The summed E-state index contributed by atoms with van der Waals surface area (Å²) in [5.74, 6) is 0.969. The Morgan fingerprint density at radius 1 is 1.36 bits per heavy atom. The van der Waals surface area contributed by atoms with E-state index in [0.717, 1.165) is 32.0 Å². The van der Waals surface area contributed by atoms with Crippen molar-refractivity contribution in [3.05, 3.63) is 0 Å². The maximum Gasteiger partial charge on any atom is 0.222 e. The van der Waals surface area contributed by atoms with E-state index < -0.39 is 9.84 Å². The summed E-state index contributed by atoms with van der Waals surface area (Å²) in [7, 11) is -2.96. The van der Waals surface area contributed by atoms with Gasteiger partial charge in [-0.2, -0.15) is 0 Å². The van der Waals surface area contributed by atoms with Crippen LogP contribution >= 0.6 is 24.0 Å². The van der Waals surface area contributed by atoms with Crippen LogP contribution in [0.2, 0.25) is 0 Å². The van der Waals surface area contributed by atoms with Crippen LogP contribution in [-0.4, -0.2) is 68.9 Å². The molecule has 146 valence electrons. The average Bonchev–Trinajstić information content (AvgIpc) is 3.00. The van der Waals surface area contributed by atoms with Gasteiger partial charge in [0.05, 0.1) is 18.1 Å². The largest absolute Gasteiger partial charge is 0.357 e. The quantitative estimate of drug-likeness (QED) is 0.344. The van der Waals surface area contributed by atoms with Gasteiger partial charge in [-0.05, 0) is 25.2 Å². The van der Waals surface area contributed by atoms with Gasteiger partial charge in [0.1, 0.15) is 0 Å². The highest BCUT2D eigenvalue weighted by Gasteiger charge is 2.31. The molecular formula is C16H31IN4O3S. The minimum Gasteiger partial charge on any atom is -0.357 e. The standard InChI is InChI=1S/C16H30N4O3S.HI/c1-4-17-15(20-9-7-16(2,3)12-20)18-8-5-14(21)19-13-6-10-24(22,23)11-13;/h13H,4-12H2,1-3H3,(H,17,18)(H,19,21);1H. The molecule has 0 aliphatic carbocycles. The number of halogens is 1. The number of sulfone groups is 1. The van der Waals surface area contributed by atoms with Crippen molar-refractivity contribution in [2.75, 3.05) is 37.7 Å². The zero-order valence-corrected chi connectivity index (χ0v) is 18.5. The van der Waals surface area contributed by atoms with Gasteiger partial charge >= 0.3 is 0 Å². The van der Waals surface area contributed by atoms with Gasteiger partial charge in [0.25, 0.3) is 0 Å². The number of amides is 1. The van der Waals surface area contributed by atoms with Crippen LogP contribution in [0.25, 0.3) is 0 Å². The molecule has 0 bridgehead atoms. The normalized spacial score (nSPS) is 24.7. The third-order valence-electron chi connectivity index (χ3n) is 4.51. The lowest BCUT2D eigenvalue weighted by molar-refractivity contribution is -0.121. The second-order valence-electron chi connectivity index (χ2n) is 7.49. The number of hydrogen-bond donors (Lipinski definition) is 2. The van der Waals surface area contributed by atoms with E-state index in [4.69, 9.17) is 0 Å². The molecule has 1 amide bonds. The van der Waals surface area contributed by atoms with Crippen LogP contribution in [0.15, 0.2) is 4.99 Å². The van der Waals surface area contributed by atoms with Crippen LogP contribution in [0.3, 0.4) is 0 Å². The minimum atomic E-state index is -2.96. The lowest BCUT2D eigenvalue weighted by atomic mass is 9.93. The minimum absolute atomic E-state index is 0. The first kappa shape index (κ1) is 22.5. The number of nitrogens with one attached hydrogen (secondary N) is 2. The number of hydrogen-bond acceptors (Lipinski definition) is 4. The fourth-order valence-electron chi connectivity index (χ4n) is 3.19. The van der Waals surface area contributed by atoms with Crippen molar-refractivity contribution >= 4 is 45.7 Å². The van der Waals surface area contributed by atoms with Crippen molar-refractivity contribution < 1.29 is 13.2 Å². The predicted molar refractivity (Wildman–Crippen MR) is 111 cm³/mol. The van der Waals surface area contributed by atoms with Crippen LogP contribution in [0.5, 0.6) is 0 Å². The van der Waals surface area contributed by atoms with Gasteiger partial charge in [0, 0.05) is 32.1 Å². The molecule has 2 rings (SSSR count). The number of likely N-dealkylation sites (tertiary alicyclic amines) is 1. The first-order valence-corrected chi connectivity index (χ1v) is 10.6. The summed E-state index contributed by atoms with van der Waals surface area (Å²) >= 11 is 0. The maximum atomic E-state index is 12.0. The Morgan fingerprint density at radius 3 is 2.60 bits per heavy atom. The van der Waals surface area contributed by atoms with Crippen molar-refractivity contribution in [1.82, 2.24) is 15.5 Å². The smallest absolute Gasteiger partial charge is 0.222 e. The third-order valence-corrected chi connectivity index (χ3v) is 6.28. The first-order chi connectivity index (χ1) is 11.2. The molecule has 0 radical (unpaired) electrons. The molecule has 2 fully saturated rings. The summed E-state index contributed by atoms with van der Waals surface area (Å²) in [6.07, 6.45) is 1.93. The van der Waals surface area contributed by atoms with Gasteiger partial charge in [-0.1, -0.05) is 13.8 Å². The predicted octanol–water partition coefficient (Wildman–Crippen LogP) is 0.995. The summed E-state index contributed by atoms with van der Waals surface area (Å²) in [4.78, 5) is 18.8. The number of guanidine groups is 1. The second-order valence-corrected chi connectivity index (χ2v) is 9.72. The monoisotopic (exact) mass is 486 g/mol. The fraction of sp³-hybridized carbons (Fsp3) is 0.875. The van der Waals surface area contributed by atoms with E-state index in [-0.39, 0.29) is 53.9 Å². The fourth-order valence-corrected chi connectivity index (χ4v) is 4.86. The van der Waals surface area contributed by atoms with Crippen molar-refractivity contribution in [3.8, 4) is 0 Å². The van der Waals surface area contributed by atoms with Gasteiger partial charge in [-0.25, -0.2) is 8.42 Å². The molecule has 0 aromatic rings. The highest BCUT2D eigenvalue weighted by molar-refractivity contribution is 14.0. The second kappa shape index (κ2) is 9.38. The lowest BCUT2D eigenvalue weighted by Gasteiger charge is -2.23. The Bertz CT molecular complexity index is 592. The molecule has 0 aromatic carbocycles. The van der Waals surface area contributed by atoms with Gasteiger partial charge in [0.2, 0.25) is 5.91 Å². The Labute approximate surface area is 168 Å². The van der Waals surface area contributed by atoms with Crippen molar-refractivity contribution in [2.24, 2.45) is 10.4 Å². The summed E-state index contributed by atoms with van der Waals surface area (Å²) in [5, 5.41) is 6.09. The van der Waals surface area contributed by atoms with Gasteiger partial charge in [-0.15, -0.1) is 24.0 Å². The molecule has 2 aliphatic rings. The first-order valence-electron chi connectivity index (χ1n) is 8.74. The number of carbonyl (C=O) groups excluding carboxylic acids is 1. The van der Waals surface area contributed by atoms with Gasteiger partial charge in [0.15, 0.2) is 15.8 Å². The van der Waals surface area contributed by atoms with Gasteiger partial charge in [-0.3, -0.25) is 9.79 Å². The van der Waals surface area contributed by atoms with Crippen molar-refractivity contribution in [1.29, 1.82) is 0 Å². The SMILES string of the molecule is CCNC(=NCCC(=O)NC1CCS(=O)(=O)C1)N1CCC(C)(C)C1.I. The zero-order chi connectivity index (χ0) is 17.8. The van der Waals surface area contributed by atoms with E-state index in [1.165, 1.54) is 0 Å². The Morgan fingerprint density at radius 2 is 2.08 bits per heavy atom. The van der Waals surface area contributed by atoms with Gasteiger partial charge < -0.3 is 15.5 Å². The van der Waals surface area contributed by atoms with Crippen molar-refractivity contribution in [2.45, 2.75) is 46.1 Å². The summed E-state index contributed by atoms with van der Waals surface area (Å²) in [6, 6.07) is -0.237. The molecule has 25 heavy (non-hydrogen) atoms.